The standard InChI is InChI=1S/C16H21ClN2O5/c1-16(6-4-3-5-14(16)20)9-18-12-8-11(17)10(15(21)24-2)7-13(12)19(22)23/h7-8,14,18,20H,3-6,9H2,1-2H3. The van der Waals surface area contributed by atoms with Gasteiger partial charge in [0.05, 0.1) is 28.7 Å². The van der Waals surface area contributed by atoms with Gasteiger partial charge in [0.25, 0.3) is 5.69 Å². The number of esters is 1. The summed E-state index contributed by atoms with van der Waals surface area (Å²) in [5, 5.41) is 24.6. The molecule has 8 heteroatoms. The molecule has 1 saturated carbocycles. The minimum absolute atomic E-state index is 0.0553. The molecule has 0 radical (unpaired) electrons. The van der Waals surface area contributed by atoms with E-state index in [4.69, 9.17) is 11.6 Å². The number of aliphatic hydroxyl groups is 1. The van der Waals surface area contributed by atoms with E-state index in [-0.39, 0.29) is 27.4 Å². The minimum atomic E-state index is -0.732. The molecule has 0 heterocycles. The molecule has 2 unspecified atom stereocenters. The number of nitrogens with one attached hydrogen (secondary N) is 1. The Morgan fingerprint density at radius 1 is 1.54 bits per heavy atom. The van der Waals surface area contributed by atoms with E-state index in [9.17, 15) is 20.0 Å². The molecule has 132 valence electrons. The molecule has 1 aliphatic rings. The molecule has 0 aromatic heterocycles. The third-order valence-corrected chi connectivity index (χ3v) is 4.96. The number of nitro benzene ring substituents is 1. The molecule has 0 aliphatic heterocycles. The average Bonchev–Trinajstić information content (AvgIpc) is 2.55. The van der Waals surface area contributed by atoms with Gasteiger partial charge >= 0.3 is 5.97 Å². The van der Waals surface area contributed by atoms with E-state index >= 15 is 0 Å². The van der Waals surface area contributed by atoms with Crippen molar-refractivity contribution >= 4 is 28.9 Å². The molecule has 2 N–H and O–H groups in total. The second-order valence-electron chi connectivity index (χ2n) is 6.37. The largest absolute Gasteiger partial charge is 0.465 e. The normalized spacial score (nSPS) is 23.6. The molecule has 0 bridgehead atoms. The quantitative estimate of drug-likeness (QED) is 0.476. The van der Waals surface area contributed by atoms with Crippen molar-refractivity contribution in [1.29, 1.82) is 0 Å². The number of carbonyl (C=O) groups excluding carboxylic acids is 1. The fraction of sp³-hybridized carbons (Fsp3) is 0.562. The Morgan fingerprint density at radius 3 is 2.83 bits per heavy atom. The van der Waals surface area contributed by atoms with Crippen molar-refractivity contribution in [3.63, 3.8) is 0 Å². The molecule has 1 aliphatic carbocycles. The van der Waals surface area contributed by atoms with E-state index in [1.807, 2.05) is 6.92 Å². The lowest BCUT2D eigenvalue weighted by Crippen LogP contribution is -2.41. The van der Waals surface area contributed by atoms with Gasteiger partial charge in [-0.1, -0.05) is 31.4 Å². The van der Waals surface area contributed by atoms with Crippen molar-refractivity contribution in [1.82, 2.24) is 0 Å². The monoisotopic (exact) mass is 356 g/mol. The summed E-state index contributed by atoms with van der Waals surface area (Å²) in [6.07, 6.45) is 3.10. The first-order valence-corrected chi connectivity index (χ1v) is 8.14. The van der Waals surface area contributed by atoms with E-state index in [2.05, 4.69) is 10.1 Å². The summed E-state index contributed by atoms with van der Waals surface area (Å²) in [7, 11) is 1.18. The van der Waals surface area contributed by atoms with Crippen molar-refractivity contribution in [3.05, 3.63) is 32.8 Å². The number of anilines is 1. The zero-order valence-corrected chi connectivity index (χ0v) is 14.4. The lowest BCUT2D eigenvalue weighted by atomic mass is 9.73. The van der Waals surface area contributed by atoms with Gasteiger partial charge in [-0.25, -0.2) is 4.79 Å². The number of aliphatic hydroxyl groups excluding tert-OH is 1. The smallest absolute Gasteiger partial charge is 0.339 e. The fourth-order valence-electron chi connectivity index (χ4n) is 3.01. The van der Waals surface area contributed by atoms with Crippen LogP contribution in [0.4, 0.5) is 11.4 Å². The van der Waals surface area contributed by atoms with Crippen LogP contribution in [0.3, 0.4) is 0 Å². The maximum absolute atomic E-state index is 11.6. The van der Waals surface area contributed by atoms with Crippen LogP contribution in [0.25, 0.3) is 0 Å². The first kappa shape index (κ1) is 18.5. The molecule has 24 heavy (non-hydrogen) atoms. The SMILES string of the molecule is COC(=O)c1cc([N+](=O)[O-])c(NCC2(C)CCCCC2O)cc1Cl. The highest BCUT2D eigenvalue weighted by atomic mass is 35.5. The number of hydrogen-bond acceptors (Lipinski definition) is 6. The molecular weight excluding hydrogens is 336 g/mol. The highest BCUT2D eigenvalue weighted by molar-refractivity contribution is 6.34. The van der Waals surface area contributed by atoms with Gasteiger partial charge in [0.15, 0.2) is 0 Å². The van der Waals surface area contributed by atoms with Crippen molar-refractivity contribution in [2.75, 3.05) is 19.0 Å². The van der Waals surface area contributed by atoms with Gasteiger partial charge in [-0.3, -0.25) is 10.1 Å². The van der Waals surface area contributed by atoms with Crippen LogP contribution in [0.15, 0.2) is 12.1 Å². The maximum atomic E-state index is 11.6. The molecule has 1 aromatic rings. The van der Waals surface area contributed by atoms with Crippen molar-refractivity contribution < 1.29 is 19.6 Å². The Hall–Kier alpha value is -1.86. The van der Waals surface area contributed by atoms with E-state index in [0.717, 1.165) is 31.7 Å². The van der Waals surface area contributed by atoms with Crippen LogP contribution in [0.2, 0.25) is 5.02 Å². The summed E-state index contributed by atoms with van der Waals surface area (Å²) >= 11 is 6.05. The fourth-order valence-corrected chi connectivity index (χ4v) is 3.25. The summed E-state index contributed by atoms with van der Waals surface area (Å²) < 4.78 is 4.58. The van der Waals surface area contributed by atoms with E-state index in [0.29, 0.717) is 6.54 Å². The van der Waals surface area contributed by atoms with Gasteiger partial charge in [0.1, 0.15) is 5.69 Å². The Kier molecular flexibility index (Phi) is 5.66. The van der Waals surface area contributed by atoms with Crippen molar-refractivity contribution in [2.45, 2.75) is 38.7 Å². The number of carbonyl (C=O) groups is 1. The number of benzene rings is 1. The number of rotatable bonds is 5. The molecular formula is C16H21ClN2O5. The Morgan fingerprint density at radius 2 is 2.25 bits per heavy atom. The Labute approximate surface area is 145 Å². The number of hydrogen-bond donors (Lipinski definition) is 2. The van der Waals surface area contributed by atoms with Crippen LogP contribution in [0, 0.1) is 15.5 Å². The zero-order valence-electron chi connectivity index (χ0n) is 13.7. The number of nitro groups is 1. The number of halogens is 1. The Bertz CT molecular complexity index is 652. The second-order valence-corrected chi connectivity index (χ2v) is 6.77. The number of nitrogens with zero attached hydrogens (tertiary/aromatic N) is 1. The van der Waals surface area contributed by atoms with Gasteiger partial charge in [-0.2, -0.15) is 0 Å². The van der Waals surface area contributed by atoms with E-state index < -0.39 is 17.0 Å². The van der Waals surface area contributed by atoms with Crippen LogP contribution in [0.5, 0.6) is 0 Å². The lowest BCUT2D eigenvalue weighted by Gasteiger charge is -2.38. The highest BCUT2D eigenvalue weighted by Gasteiger charge is 2.35. The van der Waals surface area contributed by atoms with Crippen LogP contribution in [-0.4, -0.2) is 35.8 Å². The summed E-state index contributed by atoms with van der Waals surface area (Å²) in [5.41, 5.74) is -0.453. The first-order valence-electron chi connectivity index (χ1n) is 7.76. The third-order valence-electron chi connectivity index (χ3n) is 4.65. The van der Waals surface area contributed by atoms with Crippen molar-refractivity contribution in [2.24, 2.45) is 5.41 Å². The maximum Gasteiger partial charge on any atom is 0.339 e. The summed E-state index contributed by atoms with van der Waals surface area (Å²) in [6.45, 7) is 2.34. The number of ether oxygens (including phenoxy) is 1. The van der Waals surface area contributed by atoms with Gasteiger partial charge in [-0.05, 0) is 18.9 Å². The van der Waals surface area contributed by atoms with Crippen LogP contribution in [0.1, 0.15) is 43.0 Å². The van der Waals surface area contributed by atoms with Crippen LogP contribution in [-0.2, 0) is 4.74 Å². The zero-order chi connectivity index (χ0) is 17.9. The predicted octanol–water partition coefficient (Wildman–Crippen LogP) is 3.39. The molecule has 0 amide bonds. The molecule has 1 aromatic carbocycles. The van der Waals surface area contributed by atoms with E-state index in [1.54, 1.807) is 0 Å². The van der Waals surface area contributed by atoms with Crippen LogP contribution < -0.4 is 5.32 Å². The van der Waals surface area contributed by atoms with Crippen LogP contribution >= 0.6 is 11.6 Å². The highest BCUT2D eigenvalue weighted by Crippen LogP contribution is 2.38. The third kappa shape index (κ3) is 3.79. The minimum Gasteiger partial charge on any atom is -0.465 e. The van der Waals surface area contributed by atoms with Gasteiger partial charge < -0.3 is 15.2 Å². The lowest BCUT2D eigenvalue weighted by molar-refractivity contribution is -0.384. The molecule has 0 spiro atoms. The summed E-state index contributed by atoms with van der Waals surface area (Å²) in [5.74, 6) is -0.732. The first-order chi connectivity index (χ1) is 11.3. The Balaban J connectivity index is 2.27. The predicted molar refractivity (Wildman–Crippen MR) is 90.5 cm³/mol. The van der Waals surface area contributed by atoms with E-state index in [1.165, 1.54) is 13.2 Å². The van der Waals surface area contributed by atoms with Crippen molar-refractivity contribution in [3.8, 4) is 0 Å². The van der Waals surface area contributed by atoms with Gasteiger partial charge in [0, 0.05) is 18.0 Å². The summed E-state index contributed by atoms with van der Waals surface area (Å²) in [6, 6.07) is 2.46. The van der Waals surface area contributed by atoms with Gasteiger partial charge in [-0.15, -0.1) is 0 Å². The second kappa shape index (κ2) is 7.36. The average molecular weight is 357 g/mol. The molecule has 0 saturated heterocycles. The molecule has 7 nitrogen and oxygen atoms in total. The van der Waals surface area contributed by atoms with Gasteiger partial charge in [0.2, 0.25) is 0 Å². The number of methoxy groups -OCH3 is 1. The summed E-state index contributed by atoms with van der Waals surface area (Å²) in [4.78, 5) is 22.4. The molecule has 2 atom stereocenters. The molecule has 2 rings (SSSR count). The topological polar surface area (TPSA) is 102 Å². The molecule has 1 fully saturated rings.